The van der Waals surface area contributed by atoms with Crippen molar-refractivity contribution in [3.05, 3.63) is 64.5 Å². The number of amides is 1. The number of aryl methyl sites for hydroxylation is 1. The minimum Gasteiger partial charge on any atom is -0.480 e. The van der Waals surface area contributed by atoms with Gasteiger partial charge in [-0.1, -0.05) is 44.2 Å². The van der Waals surface area contributed by atoms with Gasteiger partial charge in [0.1, 0.15) is 11.3 Å². The third-order valence-corrected chi connectivity index (χ3v) is 5.04. The molecule has 0 unspecified atom stereocenters. The van der Waals surface area contributed by atoms with E-state index in [1.54, 1.807) is 17.5 Å². The fraction of sp³-hybridized carbons (Fsp3) is 0.333. The van der Waals surface area contributed by atoms with Gasteiger partial charge in [0.25, 0.3) is 11.7 Å². The quantitative estimate of drug-likeness (QED) is 0.313. The van der Waals surface area contributed by atoms with E-state index in [0.29, 0.717) is 29.6 Å². The zero-order valence-electron chi connectivity index (χ0n) is 18.7. The average molecular weight is 437 g/mol. The van der Waals surface area contributed by atoms with Crippen molar-refractivity contribution in [2.24, 2.45) is 11.7 Å². The first-order valence-electron chi connectivity index (χ1n) is 10.3. The van der Waals surface area contributed by atoms with Crippen molar-refractivity contribution < 1.29 is 23.9 Å². The highest BCUT2D eigenvalue weighted by molar-refractivity contribution is 6.44. The van der Waals surface area contributed by atoms with Crippen molar-refractivity contribution in [3.63, 3.8) is 0 Å². The number of nitrogens with zero attached hydrogens (tertiary/aromatic N) is 2. The van der Waals surface area contributed by atoms with Gasteiger partial charge < -0.3 is 15.2 Å². The van der Waals surface area contributed by atoms with Crippen molar-refractivity contribution in [1.82, 2.24) is 9.61 Å². The number of aromatic nitrogens is 2. The molecule has 32 heavy (non-hydrogen) atoms. The van der Waals surface area contributed by atoms with Crippen molar-refractivity contribution in [2.75, 3.05) is 13.7 Å². The Morgan fingerprint density at radius 3 is 2.44 bits per heavy atom. The smallest absolute Gasteiger partial charge is 0.343 e. The number of esters is 1. The summed E-state index contributed by atoms with van der Waals surface area (Å²) in [6, 6.07) is 11.4. The molecule has 0 bridgehead atoms. The molecule has 168 valence electrons. The summed E-state index contributed by atoms with van der Waals surface area (Å²) in [5, 5.41) is 4.63. The Labute approximate surface area is 186 Å². The van der Waals surface area contributed by atoms with E-state index in [9.17, 15) is 14.4 Å². The van der Waals surface area contributed by atoms with Gasteiger partial charge in [-0.25, -0.2) is 9.31 Å². The number of ether oxygens (including phenoxy) is 2. The van der Waals surface area contributed by atoms with Crippen LogP contribution in [0.15, 0.2) is 36.4 Å². The Hall–Kier alpha value is -3.68. The molecule has 0 aliphatic rings. The van der Waals surface area contributed by atoms with Crippen LogP contribution in [0.1, 0.15) is 46.7 Å². The van der Waals surface area contributed by atoms with E-state index in [-0.39, 0.29) is 23.8 Å². The molecule has 0 fully saturated rings. The molecule has 0 aliphatic heterocycles. The van der Waals surface area contributed by atoms with Crippen molar-refractivity contribution >= 4 is 23.2 Å². The van der Waals surface area contributed by atoms with Crippen LogP contribution in [0.5, 0.6) is 5.75 Å². The second-order valence-corrected chi connectivity index (χ2v) is 8.03. The maximum Gasteiger partial charge on any atom is 0.343 e. The lowest BCUT2D eigenvalue weighted by Gasteiger charge is -2.10. The van der Waals surface area contributed by atoms with E-state index in [1.165, 1.54) is 7.11 Å². The first-order valence-corrected chi connectivity index (χ1v) is 10.3. The molecule has 0 radical (unpaired) electrons. The summed E-state index contributed by atoms with van der Waals surface area (Å²) >= 11 is 0. The summed E-state index contributed by atoms with van der Waals surface area (Å²) in [6.07, 6.45) is 1.03. The minimum absolute atomic E-state index is 0.171. The van der Waals surface area contributed by atoms with Gasteiger partial charge in [0.2, 0.25) is 0 Å². The fourth-order valence-electron chi connectivity index (χ4n) is 3.71. The SMILES string of the molecule is COC(=O)COc1cc(C)nn2c(Cc3ccccc3)c(CC(C)C)c(C(=O)C(N)=O)c12. The molecule has 2 heterocycles. The van der Waals surface area contributed by atoms with E-state index in [1.807, 2.05) is 44.2 Å². The van der Waals surface area contributed by atoms with Crippen LogP contribution in [0, 0.1) is 12.8 Å². The van der Waals surface area contributed by atoms with Crippen LogP contribution in [0.2, 0.25) is 0 Å². The van der Waals surface area contributed by atoms with Crippen molar-refractivity contribution in [1.29, 1.82) is 0 Å². The fourth-order valence-corrected chi connectivity index (χ4v) is 3.71. The zero-order chi connectivity index (χ0) is 23.4. The van der Waals surface area contributed by atoms with Gasteiger partial charge in [-0.2, -0.15) is 5.10 Å². The summed E-state index contributed by atoms with van der Waals surface area (Å²) in [5.74, 6) is -1.99. The number of hydrogen-bond acceptors (Lipinski definition) is 6. The number of fused-ring (bicyclic) bond motifs is 1. The lowest BCUT2D eigenvalue weighted by atomic mass is 9.94. The molecule has 8 nitrogen and oxygen atoms in total. The van der Waals surface area contributed by atoms with Gasteiger partial charge >= 0.3 is 5.97 Å². The lowest BCUT2D eigenvalue weighted by molar-refractivity contribution is -0.142. The van der Waals surface area contributed by atoms with E-state index >= 15 is 0 Å². The topological polar surface area (TPSA) is 113 Å². The second-order valence-electron chi connectivity index (χ2n) is 8.03. The van der Waals surface area contributed by atoms with Crippen LogP contribution >= 0.6 is 0 Å². The van der Waals surface area contributed by atoms with Crippen LogP contribution in [-0.2, 0) is 27.2 Å². The molecule has 1 amide bonds. The van der Waals surface area contributed by atoms with Gasteiger partial charge in [-0.05, 0) is 30.4 Å². The molecule has 0 atom stereocenters. The first-order chi connectivity index (χ1) is 15.2. The molecule has 3 aromatic rings. The number of rotatable bonds is 9. The first kappa shape index (κ1) is 23.0. The molecular weight excluding hydrogens is 410 g/mol. The molecule has 0 saturated carbocycles. The van der Waals surface area contributed by atoms with Gasteiger partial charge in [-0.3, -0.25) is 9.59 Å². The largest absolute Gasteiger partial charge is 0.480 e. The number of benzene rings is 1. The Balaban J connectivity index is 2.34. The summed E-state index contributed by atoms with van der Waals surface area (Å²) in [4.78, 5) is 36.6. The van der Waals surface area contributed by atoms with E-state index in [4.69, 9.17) is 10.5 Å². The van der Waals surface area contributed by atoms with Crippen LogP contribution in [0.25, 0.3) is 5.52 Å². The molecule has 1 aromatic carbocycles. The zero-order valence-corrected chi connectivity index (χ0v) is 18.7. The van der Waals surface area contributed by atoms with E-state index in [2.05, 4.69) is 9.84 Å². The predicted molar refractivity (Wildman–Crippen MR) is 119 cm³/mol. The molecule has 0 saturated heterocycles. The summed E-state index contributed by atoms with van der Waals surface area (Å²) in [6.45, 7) is 5.49. The highest BCUT2D eigenvalue weighted by Gasteiger charge is 2.30. The van der Waals surface area contributed by atoms with Gasteiger partial charge in [-0.15, -0.1) is 0 Å². The number of methoxy groups -OCH3 is 1. The van der Waals surface area contributed by atoms with Crippen molar-refractivity contribution in [2.45, 2.75) is 33.6 Å². The Kier molecular flexibility index (Phi) is 6.92. The molecule has 8 heteroatoms. The average Bonchev–Trinajstić information content (AvgIpc) is 3.04. The van der Waals surface area contributed by atoms with Crippen LogP contribution in [-0.4, -0.2) is 41.0 Å². The molecule has 2 N–H and O–H groups in total. The Morgan fingerprint density at radius 1 is 1.16 bits per heavy atom. The maximum atomic E-state index is 13.0. The molecule has 0 aliphatic carbocycles. The summed E-state index contributed by atoms with van der Waals surface area (Å²) < 4.78 is 12.0. The van der Waals surface area contributed by atoms with Crippen LogP contribution in [0.4, 0.5) is 0 Å². The summed E-state index contributed by atoms with van der Waals surface area (Å²) in [5.41, 5.74) is 9.03. The van der Waals surface area contributed by atoms with Gasteiger partial charge in [0.15, 0.2) is 6.61 Å². The normalized spacial score (nSPS) is 11.0. The summed E-state index contributed by atoms with van der Waals surface area (Å²) in [7, 11) is 1.26. The highest BCUT2D eigenvalue weighted by Crippen LogP contribution is 2.34. The minimum atomic E-state index is -1.06. The number of nitrogens with two attached hydrogens (primary N) is 1. The number of carbonyl (C=O) groups excluding carboxylic acids is 3. The van der Waals surface area contributed by atoms with E-state index in [0.717, 1.165) is 11.3 Å². The number of carbonyl (C=O) groups is 3. The Morgan fingerprint density at radius 2 is 1.84 bits per heavy atom. The number of ketones is 1. The second kappa shape index (κ2) is 9.64. The standard InChI is InChI=1S/C24H27N3O5/c1-14(2)10-17-18(12-16-8-6-5-7-9-16)27-22(21(17)23(29)24(25)30)19(11-15(3)26-27)32-13-20(28)31-4/h5-9,11,14H,10,12-13H2,1-4H3,(H2,25,30). The van der Waals surface area contributed by atoms with Crippen LogP contribution in [0.3, 0.4) is 0 Å². The van der Waals surface area contributed by atoms with Crippen molar-refractivity contribution in [3.8, 4) is 5.75 Å². The van der Waals surface area contributed by atoms with Gasteiger partial charge in [0, 0.05) is 12.5 Å². The third-order valence-electron chi connectivity index (χ3n) is 5.04. The van der Waals surface area contributed by atoms with Gasteiger partial charge in [0.05, 0.1) is 24.1 Å². The highest BCUT2D eigenvalue weighted by atomic mass is 16.6. The molecule has 3 rings (SSSR count). The molecule has 0 spiro atoms. The molecular formula is C24H27N3O5. The number of hydrogen-bond donors (Lipinski definition) is 1. The lowest BCUT2D eigenvalue weighted by Crippen LogP contribution is -2.24. The molecule has 2 aromatic heterocycles. The van der Waals surface area contributed by atoms with E-state index < -0.39 is 17.7 Å². The number of Topliss-reactive ketones (excluding diaryl/α,β-unsaturated/α-hetero) is 1. The van der Waals surface area contributed by atoms with Crippen LogP contribution < -0.4 is 10.5 Å². The monoisotopic (exact) mass is 437 g/mol. The third kappa shape index (κ3) is 4.80. The predicted octanol–water partition coefficient (Wildman–Crippen LogP) is 2.65. The maximum absolute atomic E-state index is 13.0. The Bertz CT molecular complexity index is 1170. The number of primary amides is 1.